The zero-order chi connectivity index (χ0) is 20.3. The van der Waals surface area contributed by atoms with Crippen LogP contribution in [0.5, 0.6) is 0 Å². The van der Waals surface area contributed by atoms with Crippen LogP contribution in [0.4, 0.5) is 0 Å². The summed E-state index contributed by atoms with van der Waals surface area (Å²) in [6.45, 7) is 7.52. The molecule has 0 aliphatic heterocycles. The molecule has 0 aromatic carbocycles. The lowest BCUT2D eigenvalue weighted by atomic mass is 9.97. The van der Waals surface area contributed by atoms with Crippen molar-refractivity contribution in [3.8, 4) is 0 Å². The largest absolute Gasteiger partial charge is 0.481 e. The molecule has 0 rings (SSSR count). The first-order valence-electron chi connectivity index (χ1n) is 11.6. The molecule has 0 aliphatic rings. The number of carboxylic acid groups (broad SMARTS) is 1. The van der Waals surface area contributed by atoms with E-state index in [1.54, 1.807) is 0 Å². The Kier molecular flexibility index (Phi) is 17.6. The van der Waals surface area contributed by atoms with E-state index in [0.717, 1.165) is 38.5 Å². The van der Waals surface area contributed by atoms with Crippen molar-refractivity contribution < 1.29 is 14.7 Å². The van der Waals surface area contributed by atoms with Crippen molar-refractivity contribution in [3.63, 3.8) is 0 Å². The summed E-state index contributed by atoms with van der Waals surface area (Å²) in [6, 6.07) is 0. The summed E-state index contributed by atoms with van der Waals surface area (Å²) >= 11 is 0. The van der Waals surface area contributed by atoms with Crippen molar-refractivity contribution in [1.29, 1.82) is 0 Å². The van der Waals surface area contributed by atoms with Crippen LogP contribution in [0.1, 0.15) is 117 Å². The van der Waals surface area contributed by atoms with E-state index in [0.29, 0.717) is 13.1 Å². The van der Waals surface area contributed by atoms with Gasteiger partial charge in [-0.1, -0.05) is 91.4 Å². The van der Waals surface area contributed by atoms with Crippen LogP contribution < -0.4 is 0 Å². The third kappa shape index (κ3) is 14.6. The predicted molar refractivity (Wildman–Crippen MR) is 114 cm³/mol. The number of amides is 1. The minimum atomic E-state index is -0.822. The smallest absolute Gasteiger partial charge is 0.305 e. The molecule has 0 heterocycles. The molecular formula is C23H45NO3. The van der Waals surface area contributed by atoms with Gasteiger partial charge in [-0.05, 0) is 19.3 Å². The molecule has 4 nitrogen and oxygen atoms in total. The zero-order valence-corrected chi connectivity index (χ0v) is 18.3. The van der Waals surface area contributed by atoms with Crippen LogP contribution >= 0.6 is 0 Å². The van der Waals surface area contributed by atoms with Crippen LogP contribution in [0.25, 0.3) is 0 Å². The number of aliphatic carboxylic acids is 1. The van der Waals surface area contributed by atoms with Gasteiger partial charge in [0.15, 0.2) is 0 Å². The van der Waals surface area contributed by atoms with E-state index in [-0.39, 0.29) is 18.2 Å². The summed E-state index contributed by atoms with van der Waals surface area (Å²) in [7, 11) is 0. The van der Waals surface area contributed by atoms with E-state index in [1.165, 1.54) is 51.4 Å². The van der Waals surface area contributed by atoms with Gasteiger partial charge in [-0.25, -0.2) is 0 Å². The molecule has 0 bridgehead atoms. The summed E-state index contributed by atoms with van der Waals surface area (Å²) in [5, 5.41) is 8.99. The number of carbonyl (C=O) groups is 2. The molecule has 0 aliphatic carbocycles. The molecule has 0 radical (unpaired) electrons. The Morgan fingerprint density at radius 1 is 0.741 bits per heavy atom. The highest BCUT2D eigenvalue weighted by Gasteiger charge is 2.22. The Morgan fingerprint density at radius 2 is 1.26 bits per heavy atom. The van der Waals surface area contributed by atoms with Crippen molar-refractivity contribution in [2.24, 2.45) is 5.92 Å². The van der Waals surface area contributed by atoms with Gasteiger partial charge < -0.3 is 10.0 Å². The van der Waals surface area contributed by atoms with Crippen LogP contribution in [0, 0.1) is 5.92 Å². The first-order chi connectivity index (χ1) is 13.1. The van der Waals surface area contributed by atoms with Gasteiger partial charge in [0.2, 0.25) is 5.91 Å². The highest BCUT2D eigenvalue weighted by molar-refractivity contribution is 5.79. The summed E-state index contributed by atoms with van der Waals surface area (Å²) in [5.74, 6) is -0.595. The molecule has 1 atom stereocenters. The molecule has 0 spiro atoms. The Bertz CT molecular complexity index is 371. The van der Waals surface area contributed by atoms with E-state index in [9.17, 15) is 9.59 Å². The Hall–Kier alpha value is -1.06. The van der Waals surface area contributed by atoms with Crippen LogP contribution in [-0.4, -0.2) is 35.0 Å². The fraction of sp³-hybridized carbons (Fsp3) is 0.913. The van der Waals surface area contributed by atoms with Crippen LogP contribution in [0.15, 0.2) is 0 Å². The lowest BCUT2D eigenvalue weighted by Crippen LogP contribution is -2.38. The maximum atomic E-state index is 12.8. The fourth-order valence-electron chi connectivity index (χ4n) is 3.56. The number of carboxylic acids is 1. The normalized spacial score (nSPS) is 12.1. The van der Waals surface area contributed by atoms with Gasteiger partial charge in [-0.3, -0.25) is 9.59 Å². The van der Waals surface area contributed by atoms with Crippen molar-refractivity contribution in [3.05, 3.63) is 0 Å². The predicted octanol–water partition coefficient (Wildman–Crippen LogP) is 6.43. The zero-order valence-electron chi connectivity index (χ0n) is 18.3. The Balaban J connectivity index is 4.14. The van der Waals surface area contributed by atoms with Crippen LogP contribution in [0.3, 0.4) is 0 Å². The number of hydrogen-bond donors (Lipinski definition) is 1. The average molecular weight is 384 g/mol. The third-order valence-electron chi connectivity index (χ3n) is 5.44. The highest BCUT2D eigenvalue weighted by Crippen LogP contribution is 2.17. The second-order valence-electron chi connectivity index (χ2n) is 7.90. The number of rotatable bonds is 19. The van der Waals surface area contributed by atoms with Gasteiger partial charge >= 0.3 is 5.97 Å². The highest BCUT2D eigenvalue weighted by atomic mass is 16.4. The molecule has 27 heavy (non-hydrogen) atoms. The lowest BCUT2D eigenvalue weighted by molar-refractivity contribution is -0.140. The molecule has 0 saturated heterocycles. The molecule has 0 aromatic heterocycles. The quantitative estimate of drug-likeness (QED) is 0.262. The van der Waals surface area contributed by atoms with Gasteiger partial charge in [0.1, 0.15) is 0 Å². The number of nitrogens with zero attached hydrogens (tertiary/aromatic N) is 1. The molecule has 1 amide bonds. The SMILES string of the molecule is CCCCCCCCCCCCN(CCC(=O)O)C(=O)C(CC)CCCC. The van der Waals surface area contributed by atoms with Crippen molar-refractivity contribution in [2.75, 3.05) is 13.1 Å². The fourth-order valence-corrected chi connectivity index (χ4v) is 3.56. The molecule has 1 unspecified atom stereocenters. The Morgan fingerprint density at radius 3 is 1.74 bits per heavy atom. The number of hydrogen-bond acceptors (Lipinski definition) is 2. The summed E-state index contributed by atoms with van der Waals surface area (Å²) in [6.07, 6.45) is 16.7. The maximum Gasteiger partial charge on any atom is 0.305 e. The summed E-state index contributed by atoms with van der Waals surface area (Å²) in [4.78, 5) is 25.6. The second kappa shape index (κ2) is 18.3. The molecule has 1 N–H and O–H groups in total. The van der Waals surface area contributed by atoms with Crippen molar-refractivity contribution in [1.82, 2.24) is 4.90 Å². The third-order valence-corrected chi connectivity index (χ3v) is 5.44. The van der Waals surface area contributed by atoms with Crippen LogP contribution in [0.2, 0.25) is 0 Å². The standard InChI is InChI=1S/C23H45NO3/c1-4-7-9-10-11-12-13-14-15-16-19-24(20-18-22(25)26)23(27)21(6-3)17-8-5-2/h21H,4-20H2,1-3H3,(H,25,26). The minimum Gasteiger partial charge on any atom is -0.481 e. The number of carbonyl (C=O) groups excluding carboxylic acids is 1. The molecule has 0 saturated carbocycles. The maximum absolute atomic E-state index is 12.8. The van der Waals surface area contributed by atoms with Gasteiger partial charge in [0.05, 0.1) is 6.42 Å². The molecule has 4 heteroatoms. The first-order valence-corrected chi connectivity index (χ1v) is 11.6. The molecular weight excluding hydrogens is 338 g/mol. The number of unbranched alkanes of at least 4 members (excludes halogenated alkanes) is 10. The van der Waals surface area contributed by atoms with E-state index in [4.69, 9.17) is 5.11 Å². The van der Waals surface area contributed by atoms with E-state index < -0.39 is 5.97 Å². The summed E-state index contributed by atoms with van der Waals surface area (Å²) in [5.41, 5.74) is 0. The van der Waals surface area contributed by atoms with Gasteiger partial charge in [0.25, 0.3) is 0 Å². The summed E-state index contributed by atoms with van der Waals surface area (Å²) < 4.78 is 0. The second-order valence-corrected chi connectivity index (χ2v) is 7.90. The van der Waals surface area contributed by atoms with Gasteiger partial charge in [0, 0.05) is 19.0 Å². The van der Waals surface area contributed by atoms with E-state index in [1.807, 2.05) is 4.90 Å². The van der Waals surface area contributed by atoms with Crippen molar-refractivity contribution in [2.45, 2.75) is 117 Å². The van der Waals surface area contributed by atoms with Crippen molar-refractivity contribution >= 4 is 11.9 Å². The van der Waals surface area contributed by atoms with E-state index >= 15 is 0 Å². The average Bonchev–Trinajstić information content (AvgIpc) is 2.65. The Labute approximate surface area is 168 Å². The topological polar surface area (TPSA) is 57.6 Å². The molecule has 160 valence electrons. The first kappa shape index (κ1) is 25.9. The molecule has 0 fully saturated rings. The van der Waals surface area contributed by atoms with Gasteiger partial charge in [-0.2, -0.15) is 0 Å². The lowest BCUT2D eigenvalue weighted by Gasteiger charge is -2.26. The minimum absolute atomic E-state index is 0.0493. The van der Waals surface area contributed by atoms with Gasteiger partial charge in [-0.15, -0.1) is 0 Å². The van der Waals surface area contributed by atoms with Crippen LogP contribution in [-0.2, 0) is 9.59 Å². The van der Waals surface area contributed by atoms with E-state index in [2.05, 4.69) is 20.8 Å². The molecule has 0 aromatic rings. The monoisotopic (exact) mass is 383 g/mol.